The van der Waals surface area contributed by atoms with Crippen LogP contribution >= 0.6 is 27.7 Å². The van der Waals surface area contributed by atoms with E-state index in [0.717, 1.165) is 14.2 Å². The number of benzene rings is 1. The topological polar surface area (TPSA) is 26.9 Å². The van der Waals surface area contributed by atoms with Crippen LogP contribution in [0.1, 0.15) is 17.7 Å². The number of hydrogen-bond donors (Lipinski definition) is 0. The van der Waals surface area contributed by atoms with Gasteiger partial charge in [-0.05, 0) is 42.4 Å². The molecule has 17 heavy (non-hydrogen) atoms. The van der Waals surface area contributed by atoms with Crippen LogP contribution in [0.4, 0.5) is 0 Å². The Labute approximate surface area is 113 Å². The monoisotopic (exact) mass is 309 g/mol. The molecule has 2 aromatic rings. The third-order valence-corrected chi connectivity index (χ3v) is 4.14. The second-order valence-electron chi connectivity index (χ2n) is 3.68. The van der Waals surface area contributed by atoms with E-state index in [0.29, 0.717) is 0 Å². The smallest absolute Gasteiger partial charge is 0.251 e. The fourth-order valence-electron chi connectivity index (χ4n) is 1.49. The predicted octanol–water partition coefficient (Wildman–Crippen LogP) is 3.94. The molecule has 0 amide bonds. The van der Waals surface area contributed by atoms with Crippen molar-refractivity contribution < 1.29 is 4.73 Å². The van der Waals surface area contributed by atoms with Gasteiger partial charge in [-0.15, -0.1) is 0 Å². The maximum atomic E-state index is 11.5. The first-order valence-corrected chi connectivity index (χ1v) is 6.94. The average Bonchev–Trinajstić information content (AvgIpc) is 2.33. The van der Waals surface area contributed by atoms with Crippen molar-refractivity contribution in [3.8, 4) is 0 Å². The van der Waals surface area contributed by atoms with Crippen molar-refractivity contribution >= 4 is 27.7 Å². The molecule has 0 aliphatic rings. The third-order valence-electron chi connectivity index (χ3n) is 2.43. The molecule has 1 unspecified atom stereocenters. The standard InChI is InChI=1S/C13H12BrNOS/c1-10(11-5-7-12(14)8-6-11)17-13-4-2-3-9-15(13)16/h2-10H,1H3. The van der Waals surface area contributed by atoms with Crippen LogP contribution in [0.15, 0.2) is 58.2 Å². The second kappa shape index (κ2) is 5.56. The molecule has 0 bridgehead atoms. The Morgan fingerprint density at radius 2 is 1.88 bits per heavy atom. The van der Waals surface area contributed by atoms with E-state index in [1.165, 1.54) is 11.8 Å². The molecule has 4 heteroatoms. The Morgan fingerprint density at radius 1 is 1.18 bits per heavy atom. The van der Waals surface area contributed by atoms with E-state index in [1.54, 1.807) is 17.8 Å². The number of nitrogens with zero attached hydrogens (tertiary/aromatic N) is 1. The molecule has 1 atom stereocenters. The van der Waals surface area contributed by atoms with Crippen molar-refractivity contribution in [1.29, 1.82) is 0 Å². The lowest BCUT2D eigenvalue weighted by atomic mass is 10.2. The van der Waals surface area contributed by atoms with Gasteiger partial charge in [0.1, 0.15) is 0 Å². The van der Waals surface area contributed by atoms with E-state index < -0.39 is 0 Å². The Morgan fingerprint density at radius 3 is 2.53 bits per heavy atom. The SMILES string of the molecule is CC(Sc1cccc[n+]1[O-])c1ccc(Br)cc1. The molecule has 1 aromatic heterocycles. The highest BCUT2D eigenvalue weighted by Gasteiger charge is 2.12. The van der Waals surface area contributed by atoms with Crippen molar-refractivity contribution in [2.75, 3.05) is 0 Å². The molecule has 2 nitrogen and oxygen atoms in total. The molecule has 0 spiro atoms. The van der Waals surface area contributed by atoms with Gasteiger partial charge in [0.15, 0.2) is 6.20 Å². The predicted molar refractivity (Wildman–Crippen MR) is 73.8 cm³/mol. The molecule has 1 heterocycles. The quantitative estimate of drug-likeness (QED) is 0.488. The van der Waals surface area contributed by atoms with Crippen LogP contribution in [0.25, 0.3) is 0 Å². The average molecular weight is 310 g/mol. The summed E-state index contributed by atoms with van der Waals surface area (Å²) >= 11 is 4.98. The number of rotatable bonds is 3. The summed E-state index contributed by atoms with van der Waals surface area (Å²) in [7, 11) is 0. The van der Waals surface area contributed by atoms with Crippen LogP contribution in [0.2, 0.25) is 0 Å². The molecule has 0 saturated carbocycles. The fraction of sp³-hybridized carbons (Fsp3) is 0.154. The molecule has 0 N–H and O–H groups in total. The van der Waals surface area contributed by atoms with Crippen molar-refractivity contribution in [3.63, 3.8) is 0 Å². The number of thioether (sulfide) groups is 1. The summed E-state index contributed by atoms with van der Waals surface area (Å²) in [5, 5.41) is 12.5. The highest BCUT2D eigenvalue weighted by molar-refractivity contribution is 9.10. The molecule has 1 aromatic carbocycles. The van der Waals surface area contributed by atoms with E-state index in [9.17, 15) is 5.21 Å². The molecule has 0 fully saturated rings. The normalized spacial score (nSPS) is 12.4. The van der Waals surface area contributed by atoms with E-state index in [-0.39, 0.29) is 5.25 Å². The van der Waals surface area contributed by atoms with Gasteiger partial charge in [0, 0.05) is 21.9 Å². The molecule has 0 aliphatic heterocycles. The minimum Gasteiger partial charge on any atom is -0.618 e. The fourth-order valence-corrected chi connectivity index (χ4v) is 2.73. The largest absolute Gasteiger partial charge is 0.618 e. The summed E-state index contributed by atoms with van der Waals surface area (Å²) in [6, 6.07) is 13.6. The molecular weight excluding hydrogens is 298 g/mol. The summed E-state index contributed by atoms with van der Waals surface area (Å²) < 4.78 is 1.97. The Balaban J connectivity index is 2.14. The first-order valence-electron chi connectivity index (χ1n) is 5.27. The number of hydrogen-bond acceptors (Lipinski definition) is 2. The summed E-state index contributed by atoms with van der Waals surface area (Å²) in [4.78, 5) is 0. The molecular formula is C13H12BrNOS. The Bertz CT molecular complexity index is 501. The Hall–Kier alpha value is -1.000. The van der Waals surface area contributed by atoms with Crippen molar-refractivity contribution in [2.24, 2.45) is 0 Å². The zero-order chi connectivity index (χ0) is 12.3. The van der Waals surface area contributed by atoms with E-state index >= 15 is 0 Å². The van der Waals surface area contributed by atoms with Gasteiger partial charge in [-0.3, -0.25) is 0 Å². The molecule has 2 rings (SSSR count). The van der Waals surface area contributed by atoms with Crippen molar-refractivity contribution in [2.45, 2.75) is 17.2 Å². The van der Waals surface area contributed by atoms with E-state index in [4.69, 9.17) is 0 Å². The third kappa shape index (κ3) is 3.23. The van der Waals surface area contributed by atoms with E-state index in [1.807, 2.05) is 24.3 Å². The minimum absolute atomic E-state index is 0.255. The van der Waals surface area contributed by atoms with Gasteiger partial charge in [0.25, 0.3) is 5.03 Å². The van der Waals surface area contributed by atoms with Crippen LogP contribution in [0.3, 0.4) is 0 Å². The van der Waals surface area contributed by atoms with Crippen LogP contribution in [-0.4, -0.2) is 0 Å². The minimum atomic E-state index is 0.255. The van der Waals surface area contributed by atoms with Crippen LogP contribution in [0.5, 0.6) is 0 Å². The summed E-state index contributed by atoms with van der Waals surface area (Å²) in [5.74, 6) is 0. The van der Waals surface area contributed by atoms with E-state index in [2.05, 4.69) is 35.0 Å². The maximum Gasteiger partial charge on any atom is 0.251 e. The first kappa shape index (κ1) is 12.5. The van der Waals surface area contributed by atoms with Crippen LogP contribution in [0, 0.1) is 5.21 Å². The van der Waals surface area contributed by atoms with Gasteiger partial charge in [0.05, 0.1) is 0 Å². The maximum absolute atomic E-state index is 11.5. The van der Waals surface area contributed by atoms with Gasteiger partial charge >= 0.3 is 0 Å². The van der Waals surface area contributed by atoms with Gasteiger partial charge in [0.2, 0.25) is 0 Å². The van der Waals surface area contributed by atoms with Gasteiger partial charge in [-0.1, -0.05) is 28.1 Å². The lowest BCUT2D eigenvalue weighted by Crippen LogP contribution is -2.27. The van der Waals surface area contributed by atoms with Crippen molar-refractivity contribution in [1.82, 2.24) is 0 Å². The molecule has 0 saturated heterocycles. The Kier molecular flexibility index (Phi) is 4.07. The molecule has 0 radical (unpaired) electrons. The molecule has 0 aliphatic carbocycles. The van der Waals surface area contributed by atoms with Gasteiger partial charge in [-0.2, -0.15) is 4.73 Å². The van der Waals surface area contributed by atoms with Gasteiger partial charge in [-0.25, -0.2) is 0 Å². The number of aromatic nitrogens is 1. The van der Waals surface area contributed by atoms with Crippen LogP contribution < -0.4 is 4.73 Å². The zero-order valence-corrected chi connectivity index (χ0v) is 11.7. The number of halogens is 1. The van der Waals surface area contributed by atoms with Gasteiger partial charge < -0.3 is 5.21 Å². The summed E-state index contributed by atoms with van der Waals surface area (Å²) in [6.07, 6.45) is 1.52. The summed E-state index contributed by atoms with van der Waals surface area (Å²) in [5.41, 5.74) is 1.21. The lowest BCUT2D eigenvalue weighted by molar-refractivity contribution is -0.645. The highest BCUT2D eigenvalue weighted by atomic mass is 79.9. The highest BCUT2D eigenvalue weighted by Crippen LogP contribution is 2.33. The van der Waals surface area contributed by atoms with Crippen molar-refractivity contribution in [3.05, 3.63) is 63.9 Å². The lowest BCUT2D eigenvalue weighted by Gasteiger charge is -2.11. The first-order chi connectivity index (χ1) is 8.16. The van der Waals surface area contributed by atoms with Crippen LogP contribution in [-0.2, 0) is 0 Å². The summed E-state index contributed by atoms with van der Waals surface area (Å²) in [6.45, 7) is 2.10. The second-order valence-corrected chi connectivity index (χ2v) is 5.95. The zero-order valence-electron chi connectivity index (χ0n) is 9.34. The number of pyridine rings is 1. The molecule has 88 valence electrons.